The summed E-state index contributed by atoms with van der Waals surface area (Å²) in [7, 11) is 0. The summed E-state index contributed by atoms with van der Waals surface area (Å²) in [5.41, 5.74) is 0. The van der Waals surface area contributed by atoms with E-state index in [4.69, 9.17) is 5.11 Å². The summed E-state index contributed by atoms with van der Waals surface area (Å²) < 4.78 is 0. The second-order valence-corrected chi connectivity index (χ2v) is 4.61. The van der Waals surface area contributed by atoms with Gasteiger partial charge >= 0.3 is 0 Å². The molecule has 15 heavy (non-hydrogen) atoms. The molecule has 0 fully saturated rings. The fourth-order valence-corrected chi connectivity index (χ4v) is 1.98. The van der Waals surface area contributed by atoms with Gasteiger partial charge in [0.1, 0.15) is 0 Å². The zero-order valence-electron chi connectivity index (χ0n) is 9.91. The number of aliphatic hydroxyl groups is 1. The van der Waals surface area contributed by atoms with E-state index in [1.54, 1.807) is 11.8 Å². The Bertz CT molecular complexity index is 186. The maximum atomic E-state index is 11.4. The maximum absolute atomic E-state index is 11.4. The monoisotopic (exact) mass is 234 g/mol. The molecule has 0 bridgehead atoms. The smallest absolute Gasteiger partial charge is 0.236 e. The molecule has 0 aromatic rings. The highest BCUT2D eigenvalue weighted by Crippen LogP contribution is 2.10. The third kappa shape index (κ3) is 5.39. The second kappa shape index (κ2) is 7.96. The number of aliphatic hydroxyl groups excluding tert-OH is 1. The van der Waals surface area contributed by atoms with Crippen molar-refractivity contribution in [2.24, 2.45) is 0 Å². The lowest BCUT2D eigenvalue weighted by Crippen LogP contribution is -2.49. The van der Waals surface area contributed by atoms with Gasteiger partial charge in [0, 0.05) is 17.8 Å². The molecule has 0 saturated carbocycles. The average Bonchev–Trinajstić information content (AvgIpc) is 2.19. The van der Waals surface area contributed by atoms with Gasteiger partial charge in [-0.1, -0.05) is 0 Å². The number of hydrogen-bond donors (Lipinski definition) is 3. The Hall–Kier alpha value is -0.260. The predicted octanol–water partition coefficient (Wildman–Crippen LogP) is 0.213. The van der Waals surface area contributed by atoms with Crippen molar-refractivity contribution < 1.29 is 9.90 Å². The van der Waals surface area contributed by atoms with E-state index < -0.39 is 0 Å². The highest BCUT2D eigenvalue weighted by molar-refractivity contribution is 7.99. The SMILES string of the molecule is CCNC(=O)C(C)NC(C)C(CO)SC. The van der Waals surface area contributed by atoms with Crippen LogP contribution in [-0.4, -0.2) is 47.8 Å². The number of amides is 1. The first kappa shape index (κ1) is 14.7. The summed E-state index contributed by atoms with van der Waals surface area (Å²) in [5.74, 6) is 0.00198. The van der Waals surface area contributed by atoms with Crippen LogP contribution in [0.3, 0.4) is 0 Å². The zero-order chi connectivity index (χ0) is 11.8. The summed E-state index contributed by atoms with van der Waals surface area (Å²) >= 11 is 1.60. The zero-order valence-corrected chi connectivity index (χ0v) is 10.7. The summed E-state index contributed by atoms with van der Waals surface area (Å²) in [4.78, 5) is 11.4. The van der Waals surface area contributed by atoms with Crippen LogP contribution in [0.25, 0.3) is 0 Å². The molecular formula is C10H22N2O2S. The lowest BCUT2D eigenvalue weighted by Gasteiger charge is -2.24. The molecule has 0 aromatic heterocycles. The largest absolute Gasteiger partial charge is 0.395 e. The minimum Gasteiger partial charge on any atom is -0.395 e. The van der Waals surface area contributed by atoms with E-state index in [2.05, 4.69) is 10.6 Å². The van der Waals surface area contributed by atoms with Gasteiger partial charge in [0.25, 0.3) is 0 Å². The molecule has 0 aliphatic rings. The van der Waals surface area contributed by atoms with Gasteiger partial charge in [-0.2, -0.15) is 11.8 Å². The molecule has 3 atom stereocenters. The molecular weight excluding hydrogens is 212 g/mol. The number of nitrogens with one attached hydrogen (secondary N) is 2. The maximum Gasteiger partial charge on any atom is 0.236 e. The Kier molecular flexibility index (Phi) is 7.82. The Labute approximate surface area is 96.2 Å². The highest BCUT2D eigenvalue weighted by atomic mass is 32.2. The first-order chi connectivity index (χ1) is 7.06. The number of carbonyl (C=O) groups is 1. The Balaban J connectivity index is 4.04. The van der Waals surface area contributed by atoms with E-state index in [0.717, 1.165) is 0 Å². The van der Waals surface area contributed by atoms with Crippen LogP contribution >= 0.6 is 11.8 Å². The van der Waals surface area contributed by atoms with Crippen molar-refractivity contribution in [3.63, 3.8) is 0 Å². The number of thioether (sulfide) groups is 1. The van der Waals surface area contributed by atoms with E-state index in [1.807, 2.05) is 27.0 Å². The molecule has 0 heterocycles. The summed E-state index contributed by atoms with van der Waals surface area (Å²) in [5, 5.41) is 15.1. The first-order valence-corrected chi connectivity index (χ1v) is 6.53. The van der Waals surface area contributed by atoms with Crippen LogP contribution < -0.4 is 10.6 Å². The number of carbonyl (C=O) groups excluding carboxylic acids is 1. The molecule has 0 saturated heterocycles. The van der Waals surface area contributed by atoms with Crippen LogP contribution in [0.2, 0.25) is 0 Å². The van der Waals surface area contributed by atoms with Crippen molar-refractivity contribution in [3.8, 4) is 0 Å². The average molecular weight is 234 g/mol. The highest BCUT2D eigenvalue weighted by Gasteiger charge is 2.20. The molecule has 0 aliphatic heterocycles. The third-order valence-corrected chi connectivity index (χ3v) is 3.46. The lowest BCUT2D eigenvalue weighted by atomic mass is 10.2. The predicted molar refractivity (Wildman–Crippen MR) is 65.1 cm³/mol. The van der Waals surface area contributed by atoms with E-state index in [-0.39, 0.29) is 29.8 Å². The molecule has 3 unspecified atom stereocenters. The molecule has 90 valence electrons. The van der Waals surface area contributed by atoms with E-state index in [9.17, 15) is 4.79 Å². The molecule has 0 rings (SSSR count). The molecule has 3 N–H and O–H groups in total. The summed E-state index contributed by atoms with van der Waals surface area (Å²) in [6.45, 7) is 6.47. The number of hydrogen-bond acceptors (Lipinski definition) is 4. The lowest BCUT2D eigenvalue weighted by molar-refractivity contribution is -0.122. The minimum absolute atomic E-state index is 0.00198. The first-order valence-electron chi connectivity index (χ1n) is 5.24. The van der Waals surface area contributed by atoms with Crippen molar-refractivity contribution in [3.05, 3.63) is 0 Å². The molecule has 0 aliphatic carbocycles. The molecule has 4 nitrogen and oxygen atoms in total. The fourth-order valence-electron chi connectivity index (χ4n) is 1.34. The quantitative estimate of drug-likeness (QED) is 0.589. The Morgan fingerprint density at radius 2 is 2.07 bits per heavy atom. The van der Waals surface area contributed by atoms with Gasteiger partial charge in [0.15, 0.2) is 0 Å². The van der Waals surface area contributed by atoms with E-state index in [0.29, 0.717) is 6.54 Å². The number of likely N-dealkylation sites (N-methyl/N-ethyl adjacent to an activating group) is 1. The van der Waals surface area contributed by atoms with Crippen LogP contribution in [0.5, 0.6) is 0 Å². The van der Waals surface area contributed by atoms with Crippen molar-refractivity contribution in [1.29, 1.82) is 0 Å². The van der Waals surface area contributed by atoms with E-state index in [1.165, 1.54) is 0 Å². The van der Waals surface area contributed by atoms with Gasteiger partial charge in [-0.25, -0.2) is 0 Å². The summed E-state index contributed by atoms with van der Waals surface area (Å²) in [6, 6.07) is -0.108. The van der Waals surface area contributed by atoms with Crippen LogP contribution in [0, 0.1) is 0 Å². The van der Waals surface area contributed by atoms with Crippen LogP contribution in [0.1, 0.15) is 20.8 Å². The van der Waals surface area contributed by atoms with Crippen molar-refractivity contribution in [2.75, 3.05) is 19.4 Å². The van der Waals surface area contributed by atoms with E-state index >= 15 is 0 Å². The van der Waals surface area contributed by atoms with Crippen molar-refractivity contribution in [2.45, 2.75) is 38.1 Å². The van der Waals surface area contributed by atoms with Gasteiger partial charge < -0.3 is 15.7 Å². The van der Waals surface area contributed by atoms with Gasteiger partial charge in [-0.15, -0.1) is 0 Å². The molecule has 0 aromatic carbocycles. The second-order valence-electron chi connectivity index (χ2n) is 3.53. The Morgan fingerprint density at radius 1 is 1.47 bits per heavy atom. The van der Waals surface area contributed by atoms with Gasteiger partial charge in [-0.05, 0) is 27.0 Å². The topological polar surface area (TPSA) is 61.4 Å². The van der Waals surface area contributed by atoms with Crippen LogP contribution in [-0.2, 0) is 4.79 Å². The molecule has 5 heteroatoms. The van der Waals surface area contributed by atoms with Gasteiger partial charge in [0.05, 0.1) is 12.6 Å². The normalized spacial score (nSPS) is 16.9. The molecule has 1 amide bonds. The van der Waals surface area contributed by atoms with Gasteiger partial charge in [-0.3, -0.25) is 4.79 Å². The fraction of sp³-hybridized carbons (Fsp3) is 0.900. The number of rotatable bonds is 7. The summed E-state index contributed by atoms with van der Waals surface area (Å²) in [6.07, 6.45) is 1.95. The minimum atomic E-state index is -0.221. The Morgan fingerprint density at radius 3 is 2.47 bits per heavy atom. The molecule has 0 spiro atoms. The third-order valence-electron chi connectivity index (χ3n) is 2.30. The van der Waals surface area contributed by atoms with Crippen molar-refractivity contribution >= 4 is 17.7 Å². The van der Waals surface area contributed by atoms with Crippen LogP contribution in [0.15, 0.2) is 0 Å². The standard InChI is InChI=1S/C10H22N2O2S/c1-5-11-10(14)8(3)12-7(2)9(6-13)15-4/h7-9,12-13H,5-6H2,1-4H3,(H,11,14). The van der Waals surface area contributed by atoms with Gasteiger partial charge in [0.2, 0.25) is 5.91 Å². The van der Waals surface area contributed by atoms with Crippen LogP contribution in [0.4, 0.5) is 0 Å². The van der Waals surface area contributed by atoms with Crippen molar-refractivity contribution in [1.82, 2.24) is 10.6 Å². The molecule has 0 radical (unpaired) electrons.